The molecule has 12 heteroatoms. The Labute approximate surface area is 170 Å². The number of nitrogens with two attached hydrogens (primary N) is 2. The molecule has 3 aromatic rings. The van der Waals surface area contributed by atoms with Gasteiger partial charge in [0.25, 0.3) is 0 Å². The van der Waals surface area contributed by atoms with Gasteiger partial charge in [-0.3, -0.25) is 9.97 Å². The SMILES string of the molecule is NCC(=O)[O-].NCC(=O)[O-].O.O.O.[Ni+2].c1cnc2c(c1)ccc1cccnc12. The van der Waals surface area contributed by atoms with Crippen molar-refractivity contribution < 1.29 is 52.7 Å². The van der Waals surface area contributed by atoms with Gasteiger partial charge in [0.1, 0.15) is 0 Å². The zero-order chi connectivity index (χ0) is 17.9. The number of carboxylic acid groups (broad SMARTS) is 2. The molecule has 0 fully saturated rings. The molecule has 0 spiro atoms. The van der Waals surface area contributed by atoms with Gasteiger partial charge in [-0.25, -0.2) is 0 Å². The van der Waals surface area contributed by atoms with E-state index < -0.39 is 11.9 Å². The molecule has 0 aliphatic rings. The number of rotatable bonds is 2. The van der Waals surface area contributed by atoms with Gasteiger partial charge in [0.05, 0.1) is 23.0 Å². The smallest absolute Gasteiger partial charge is 0.549 e. The number of benzene rings is 1. The molecule has 0 unspecified atom stereocenters. The van der Waals surface area contributed by atoms with Crippen molar-refractivity contribution in [3.05, 3.63) is 48.8 Å². The number of carboxylic acids is 2. The van der Waals surface area contributed by atoms with Crippen molar-refractivity contribution in [2.45, 2.75) is 0 Å². The predicted octanol–water partition coefficient (Wildman–Crippen LogP) is -4.30. The number of aliphatic carboxylic acids is 2. The summed E-state index contributed by atoms with van der Waals surface area (Å²) in [7, 11) is 0. The summed E-state index contributed by atoms with van der Waals surface area (Å²) >= 11 is 0. The van der Waals surface area contributed by atoms with Crippen LogP contribution in [0.2, 0.25) is 0 Å². The Hall–Kier alpha value is -2.73. The van der Waals surface area contributed by atoms with Gasteiger partial charge in [-0.2, -0.15) is 0 Å². The minimum atomic E-state index is -1.22. The van der Waals surface area contributed by atoms with Crippen molar-refractivity contribution in [2.24, 2.45) is 11.5 Å². The first-order valence-electron chi connectivity index (χ1n) is 6.88. The topological polar surface area (TPSA) is 253 Å². The predicted molar refractivity (Wildman–Crippen MR) is 96.0 cm³/mol. The maximum Gasteiger partial charge on any atom is 2.00 e. The zero-order valence-corrected chi connectivity index (χ0v) is 15.5. The number of hydrogen-bond donors (Lipinski definition) is 2. The van der Waals surface area contributed by atoms with Crippen molar-refractivity contribution in [1.29, 1.82) is 0 Å². The summed E-state index contributed by atoms with van der Waals surface area (Å²) in [6.45, 7) is -0.778. The first kappa shape index (κ1) is 32.9. The van der Waals surface area contributed by atoms with Crippen molar-refractivity contribution in [2.75, 3.05) is 13.1 Å². The standard InChI is InChI=1S/C12H8N2.2C2H5NO2.Ni.3H2O/c1-3-9-5-6-10-4-2-8-14-12(10)11(9)13-7-1;2*3-1-2(4)5;;;;/h1-8H;2*1,3H2,(H,4,5);;3*1H2/q;;;+2;;;/p-2. The molecular formula is C16H22N4NiO7. The molecule has 0 saturated heterocycles. The maximum atomic E-state index is 9.13. The van der Waals surface area contributed by atoms with Crippen LogP contribution in [-0.2, 0) is 26.1 Å². The summed E-state index contributed by atoms with van der Waals surface area (Å²) in [6.07, 6.45) is 3.60. The van der Waals surface area contributed by atoms with Crippen LogP contribution in [-0.4, -0.2) is 51.4 Å². The van der Waals surface area contributed by atoms with Crippen molar-refractivity contribution in [1.82, 2.24) is 9.97 Å². The van der Waals surface area contributed by atoms with Crippen LogP contribution in [0, 0.1) is 0 Å². The monoisotopic (exact) mass is 440 g/mol. The van der Waals surface area contributed by atoms with Gasteiger partial charge in [-0.1, -0.05) is 24.3 Å². The number of carbonyl (C=O) groups excluding carboxylic acids is 2. The summed E-state index contributed by atoms with van der Waals surface area (Å²) in [5, 5.41) is 20.5. The van der Waals surface area contributed by atoms with E-state index in [1.54, 1.807) is 12.4 Å². The minimum Gasteiger partial charge on any atom is -0.549 e. The normalized spacial score (nSPS) is 8.07. The average Bonchev–Trinajstić information content (AvgIpc) is 2.62. The molecule has 2 aromatic heterocycles. The zero-order valence-electron chi connectivity index (χ0n) is 14.5. The fourth-order valence-electron chi connectivity index (χ4n) is 1.68. The second kappa shape index (κ2) is 17.7. The fourth-order valence-corrected chi connectivity index (χ4v) is 1.68. The van der Waals surface area contributed by atoms with Crippen LogP contribution in [0.1, 0.15) is 0 Å². The van der Waals surface area contributed by atoms with Gasteiger partial charge in [0, 0.05) is 36.3 Å². The van der Waals surface area contributed by atoms with Crippen molar-refractivity contribution in [3.8, 4) is 0 Å². The summed E-state index contributed by atoms with van der Waals surface area (Å²) in [6, 6.07) is 12.1. The Morgan fingerprint density at radius 1 is 0.750 bits per heavy atom. The molecule has 2 heterocycles. The van der Waals surface area contributed by atoms with E-state index in [1.165, 1.54) is 0 Å². The number of pyridine rings is 2. The molecule has 3 rings (SSSR count). The molecule has 28 heavy (non-hydrogen) atoms. The number of carbonyl (C=O) groups is 2. The molecule has 0 atom stereocenters. The van der Waals surface area contributed by atoms with E-state index in [2.05, 4.69) is 45.7 Å². The van der Waals surface area contributed by atoms with Crippen LogP contribution in [0.5, 0.6) is 0 Å². The van der Waals surface area contributed by atoms with E-state index in [-0.39, 0.29) is 46.0 Å². The van der Waals surface area contributed by atoms with E-state index in [4.69, 9.17) is 19.8 Å². The Bertz CT molecular complexity index is 767. The molecule has 0 radical (unpaired) electrons. The molecule has 0 aliphatic carbocycles. The fraction of sp³-hybridized carbons (Fsp3) is 0.125. The van der Waals surface area contributed by atoms with E-state index in [0.717, 1.165) is 21.8 Å². The van der Waals surface area contributed by atoms with Crippen LogP contribution in [0.15, 0.2) is 48.8 Å². The first-order valence-corrected chi connectivity index (χ1v) is 6.88. The van der Waals surface area contributed by atoms with Gasteiger partial charge in [0.15, 0.2) is 0 Å². The van der Waals surface area contributed by atoms with Crippen LogP contribution in [0.25, 0.3) is 21.8 Å². The van der Waals surface area contributed by atoms with Crippen LogP contribution in [0.3, 0.4) is 0 Å². The molecule has 1 aromatic carbocycles. The second-order valence-electron chi connectivity index (χ2n) is 4.37. The Morgan fingerprint density at radius 2 is 1.04 bits per heavy atom. The third-order valence-electron chi connectivity index (χ3n) is 2.68. The number of hydrogen-bond acceptors (Lipinski definition) is 8. The maximum absolute atomic E-state index is 9.13. The molecule has 0 saturated carbocycles. The summed E-state index contributed by atoms with van der Waals surface area (Å²) in [5.41, 5.74) is 11.0. The van der Waals surface area contributed by atoms with Gasteiger partial charge in [-0.05, 0) is 12.1 Å². The summed E-state index contributed by atoms with van der Waals surface area (Å²) in [4.78, 5) is 27.0. The third-order valence-corrected chi connectivity index (χ3v) is 2.68. The molecular weight excluding hydrogens is 419 g/mol. The minimum absolute atomic E-state index is 0. The summed E-state index contributed by atoms with van der Waals surface area (Å²) < 4.78 is 0. The molecule has 0 bridgehead atoms. The van der Waals surface area contributed by atoms with Gasteiger partial charge in [0.2, 0.25) is 0 Å². The average molecular weight is 441 g/mol. The van der Waals surface area contributed by atoms with Crippen molar-refractivity contribution in [3.63, 3.8) is 0 Å². The number of nitrogens with zero attached hydrogens (tertiary/aromatic N) is 2. The molecule has 0 amide bonds. The van der Waals surface area contributed by atoms with Crippen molar-refractivity contribution >= 4 is 33.7 Å². The van der Waals surface area contributed by atoms with Gasteiger partial charge >= 0.3 is 16.5 Å². The van der Waals surface area contributed by atoms with Gasteiger partial charge < -0.3 is 47.7 Å². The van der Waals surface area contributed by atoms with Crippen LogP contribution in [0.4, 0.5) is 0 Å². The Morgan fingerprint density at radius 3 is 1.29 bits per heavy atom. The number of fused-ring (bicyclic) bond motifs is 3. The Balaban J connectivity index is -0.000000179. The van der Waals surface area contributed by atoms with E-state index in [9.17, 15) is 0 Å². The quantitative estimate of drug-likeness (QED) is 0.290. The van der Waals surface area contributed by atoms with E-state index in [0.29, 0.717) is 0 Å². The molecule has 11 nitrogen and oxygen atoms in total. The molecule has 158 valence electrons. The molecule has 10 N–H and O–H groups in total. The number of aromatic nitrogens is 2. The summed E-state index contributed by atoms with van der Waals surface area (Å²) in [5.74, 6) is -2.44. The second-order valence-corrected chi connectivity index (χ2v) is 4.37. The van der Waals surface area contributed by atoms with E-state index in [1.807, 2.05) is 12.1 Å². The first-order chi connectivity index (χ1) is 11.5. The Kier molecular flexibility index (Phi) is 20.8. The van der Waals surface area contributed by atoms with E-state index >= 15 is 0 Å². The largest absolute Gasteiger partial charge is 2.00 e. The van der Waals surface area contributed by atoms with Gasteiger partial charge in [-0.15, -0.1) is 0 Å². The molecule has 0 aliphatic heterocycles. The van der Waals surface area contributed by atoms with Crippen LogP contribution < -0.4 is 21.7 Å². The third kappa shape index (κ3) is 11.1. The van der Waals surface area contributed by atoms with Crippen LogP contribution >= 0.6 is 0 Å².